The maximum atomic E-state index is 3.32. The van der Waals surface area contributed by atoms with Crippen LogP contribution in [0.15, 0.2) is 0 Å². The maximum absolute atomic E-state index is 3.32. The average molecular weight is 156 g/mol. The Hall–Kier alpha value is -0.0800. The van der Waals surface area contributed by atoms with Gasteiger partial charge in [0.25, 0.3) is 0 Å². The van der Waals surface area contributed by atoms with E-state index >= 15 is 0 Å². The summed E-state index contributed by atoms with van der Waals surface area (Å²) in [6.45, 7) is 4.63. The van der Waals surface area contributed by atoms with Crippen LogP contribution in [-0.2, 0) is 0 Å². The lowest BCUT2D eigenvalue weighted by molar-refractivity contribution is 0.162. The molecule has 2 unspecified atom stereocenters. The van der Waals surface area contributed by atoms with Crippen LogP contribution in [0, 0.1) is 5.92 Å². The van der Waals surface area contributed by atoms with Gasteiger partial charge in [0, 0.05) is 11.6 Å². The third kappa shape index (κ3) is 1.57. The summed E-state index contributed by atoms with van der Waals surface area (Å²) in [5.41, 5.74) is 0.355. The summed E-state index contributed by atoms with van der Waals surface area (Å²) < 4.78 is 0. The van der Waals surface area contributed by atoms with E-state index in [-0.39, 0.29) is 0 Å². The molecule has 1 aliphatic rings. The molecule has 0 heterocycles. The average Bonchev–Trinajstić information content (AvgIpc) is 2.65. The summed E-state index contributed by atoms with van der Waals surface area (Å²) in [6.07, 6.45) is 1.34. The van der Waals surface area contributed by atoms with Crippen molar-refractivity contribution in [3.63, 3.8) is 0 Å². The molecule has 1 saturated carbocycles. The van der Waals surface area contributed by atoms with Gasteiger partial charge >= 0.3 is 0 Å². The van der Waals surface area contributed by atoms with Crippen LogP contribution in [0.1, 0.15) is 20.3 Å². The summed E-state index contributed by atoms with van der Waals surface area (Å²) in [5.74, 6) is 0.836. The predicted octanol–water partition coefficient (Wildman–Crippen LogP) is 0.935. The molecule has 1 fully saturated rings. The van der Waals surface area contributed by atoms with Gasteiger partial charge in [0.05, 0.1) is 0 Å². The highest BCUT2D eigenvalue weighted by Gasteiger charge is 2.47. The highest BCUT2D eigenvalue weighted by molar-refractivity contribution is 5.04. The summed E-state index contributed by atoms with van der Waals surface area (Å²) in [7, 11) is 6.37. The van der Waals surface area contributed by atoms with Crippen LogP contribution in [-0.4, -0.2) is 37.6 Å². The van der Waals surface area contributed by atoms with Gasteiger partial charge in [0.2, 0.25) is 0 Å². The lowest BCUT2D eigenvalue weighted by Gasteiger charge is -2.33. The molecule has 1 aliphatic carbocycles. The first-order valence-corrected chi connectivity index (χ1v) is 4.35. The molecule has 0 aliphatic heterocycles. The van der Waals surface area contributed by atoms with Crippen molar-refractivity contribution in [2.24, 2.45) is 5.92 Å². The van der Waals surface area contributed by atoms with E-state index in [2.05, 4.69) is 45.2 Å². The van der Waals surface area contributed by atoms with Crippen molar-refractivity contribution in [3.8, 4) is 0 Å². The van der Waals surface area contributed by atoms with Crippen molar-refractivity contribution in [1.82, 2.24) is 10.2 Å². The highest BCUT2D eigenvalue weighted by atomic mass is 15.2. The third-order valence-electron chi connectivity index (χ3n) is 3.22. The smallest absolute Gasteiger partial charge is 0.0190 e. The second-order valence-corrected chi connectivity index (χ2v) is 4.29. The van der Waals surface area contributed by atoms with Crippen LogP contribution < -0.4 is 5.32 Å². The van der Waals surface area contributed by atoms with Gasteiger partial charge in [-0.05, 0) is 47.3 Å². The Balaban J connectivity index is 2.48. The largest absolute Gasteiger partial charge is 0.317 e. The molecule has 0 spiro atoms. The molecular formula is C9H20N2. The van der Waals surface area contributed by atoms with Crippen LogP contribution in [0.25, 0.3) is 0 Å². The first-order chi connectivity index (χ1) is 5.00. The van der Waals surface area contributed by atoms with E-state index in [0.717, 1.165) is 12.0 Å². The standard InChI is InChI=1S/C9H20N2/c1-9(2,11(4)5)7-6-8(7)10-3/h7-8,10H,6H2,1-5H3. The lowest BCUT2D eigenvalue weighted by Crippen LogP contribution is -2.42. The first-order valence-electron chi connectivity index (χ1n) is 4.35. The van der Waals surface area contributed by atoms with E-state index in [1.807, 2.05) is 0 Å². The van der Waals surface area contributed by atoms with E-state index < -0.39 is 0 Å². The van der Waals surface area contributed by atoms with E-state index in [0.29, 0.717) is 5.54 Å². The number of rotatable bonds is 3. The summed E-state index contributed by atoms with van der Waals surface area (Å²) >= 11 is 0. The molecule has 2 atom stereocenters. The highest BCUT2D eigenvalue weighted by Crippen LogP contribution is 2.41. The Morgan fingerprint density at radius 2 is 1.91 bits per heavy atom. The summed E-state index contributed by atoms with van der Waals surface area (Å²) in [4.78, 5) is 2.31. The Kier molecular flexibility index (Phi) is 2.26. The van der Waals surface area contributed by atoms with Crippen LogP contribution >= 0.6 is 0 Å². The number of hydrogen-bond donors (Lipinski definition) is 1. The molecular weight excluding hydrogens is 136 g/mol. The molecule has 0 aromatic carbocycles. The van der Waals surface area contributed by atoms with Crippen molar-refractivity contribution >= 4 is 0 Å². The Bertz CT molecular complexity index is 140. The van der Waals surface area contributed by atoms with Gasteiger partial charge < -0.3 is 10.2 Å². The van der Waals surface area contributed by atoms with Crippen molar-refractivity contribution in [2.45, 2.75) is 31.8 Å². The van der Waals surface area contributed by atoms with Gasteiger partial charge in [-0.25, -0.2) is 0 Å². The molecule has 11 heavy (non-hydrogen) atoms. The fourth-order valence-electron chi connectivity index (χ4n) is 1.63. The summed E-state index contributed by atoms with van der Waals surface area (Å²) in [5, 5.41) is 3.32. The van der Waals surface area contributed by atoms with Crippen LogP contribution in [0.3, 0.4) is 0 Å². The van der Waals surface area contributed by atoms with Crippen molar-refractivity contribution in [3.05, 3.63) is 0 Å². The van der Waals surface area contributed by atoms with Crippen LogP contribution in [0.4, 0.5) is 0 Å². The minimum atomic E-state index is 0.355. The SMILES string of the molecule is CNC1CC1C(C)(C)N(C)C. The maximum Gasteiger partial charge on any atom is 0.0190 e. The fraction of sp³-hybridized carbons (Fsp3) is 1.00. The monoisotopic (exact) mass is 156 g/mol. The van der Waals surface area contributed by atoms with Gasteiger partial charge in [0.1, 0.15) is 0 Å². The van der Waals surface area contributed by atoms with Crippen molar-refractivity contribution in [1.29, 1.82) is 0 Å². The Morgan fingerprint density at radius 3 is 2.18 bits per heavy atom. The second kappa shape index (κ2) is 2.76. The van der Waals surface area contributed by atoms with Gasteiger partial charge in [-0.1, -0.05) is 0 Å². The Labute approximate surface area is 70.0 Å². The van der Waals surface area contributed by atoms with Gasteiger partial charge in [0.15, 0.2) is 0 Å². The molecule has 2 heteroatoms. The molecule has 0 saturated heterocycles. The molecule has 0 amide bonds. The van der Waals surface area contributed by atoms with E-state index in [1.54, 1.807) is 0 Å². The third-order valence-corrected chi connectivity index (χ3v) is 3.22. The second-order valence-electron chi connectivity index (χ2n) is 4.29. The normalized spacial score (nSPS) is 31.1. The van der Waals surface area contributed by atoms with Gasteiger partial charge in [-0.2, -0.15) is 0 Å². The molecule has 0 aromatic heterocycles. The van der Waals surface area contributed by atoms with Gasteiger partial charge in [-0.15, -0.1) is 0 Å². The molecule has 1 N–H and O–H groups in total. The molecule has 66 valence electrons. The van der Waals surface area contributed by atoms with E-state index in [4.69, 9.17) is 0 Å². The Morgan fingerprint density at radius 1 is 1.36 bits per heavy atom. The molecule has 1 rings (SSSR count). The van der Waals surface area contributed by atoms with E-state index in [9.17, 15) is 0 Å². The van der Waals surface area contributed by atoms with Crippen LogP contribution in [0.5, 0.6) is 0 Å². The zero-order valence-electron chi connectivity index (χ0n) is 8.31. The molecule has 2 nitrogen and oxygen atoms in total. The minimum Gasteiger partial charge on any atom is -0.317 e. The zero-order valence-corrected chi connectivity index (χ0v) is 8.31. The topological polar surface area (TPSA) is 15.3 Å². The van der Waals surface area contributed by atoms with Crippen molar-refractivity contribution in [2.75, 3.05) is 21.1 Å². The first kappa shape index (κ1) is 9.01. The van der Waals surface area contributed by atoms with Crippen molar-refractivity contribution < 1.29 is 0 Å². The molecule has 0 bridgehead atoms. The number of nitrogens with zero attached hydrogens (tertiary/aromatic N) is 1. The predicted molar refractivity (Wildman–Crippen MR) is 48.7 cm³/mol. The quantitative estimate of drug-likeness (QED) is 0.654. The molecule has 0 aromatic rings. The van der Waals surface area contributed by atoms with Gasteiger partial charge in [-0.3, -0.25) is 0 Å². The molecule has 0 radical (unpaired) electrons. The zero-order chi connectivity index (χ0) is 8.65. The lowest BCUT2D eigenvalue weighted by atomic mass is 9.97. The number of nitrogens with one attached hydrogen (secondary N) is 1. The van der Waals surface area contributed by atoms with E-state index in [1.165, 1.54) is 6.42 Å². The fourth-order valence-corrected chi connectivity index (χ4v) is 1.63. The van der Waals surface area contributed by atoms with Crippen LogP contribution in [0.2, 0.25) is 0 Å². The number of hydrogen-bond acceptors (Lipinski definition) is 2. The minimum absolute atomic E-state index is 0.355. The summed E-state index contributed by atoms with van der Waals surface area (Å²) in [6, 6.07) is 0.757.